The molecular formula is C15H14FNO3S. The van der Waals surface area contributed by atoms with Crippen LogP contribution in [0.2, 0.25) is 0 Å². The molecular weight excluding hydrogens is 293 g/mol. The Morgan fingerprint density at radius 3 is 2.62 bits per heavy atom. The molecule has 0 unspecified atom stereocenters. The van der Waals surface area contributed by atoms with Crippen LogP contribution in [0.5, 0.6) is 0 Å². The molecule has 1 aromatic heterocycles. The lowest BCUT2D eigenvalue weighted by Crippen LogP contribution is -2.25. The molecule has 0 aliphatic heterocycles. The molecule has 4 nitrogen and oxygen atoms in total. The van der Waals surface area contributed by atoms with Gasteiger partial charge < -0.3 is 10.1 Å². The highest BCUT2D eigenvalue weighted by atomic mass is 32.1. The fourth-order valence-corrected chi connectivity index (χ4v) is 2.61. The Morgan fingerprint density at radius 2 is 1.90 bits per heavy atom. The van der Waals surface area contributed by atoms with Gasteiger partial charge in [-0.2, -0.15) is 0 Å². The first-order valence-electron chi connectivity index (χ1n) is 6.31. The number of esters is 1. The largest absolute Gasteiger partial charge is 0.465 e. The minimum Gasteiger partial charge on any atom is -0.465 e. The topological polar surface area (TPSA) is 55.4 Å². The van der Waals surface area contributed by atoms with Crippen molar-refractivity contribution in [2.75, 3.05) is 13.7 Å². The molecule has 21 heavy (non-hydrogen) atoms. The third-order valence-electron chi connectivity index (χ3n) is 2.85. The van der Waals surface area contributed by atoms with E-state index >= 15 is 0 Å². The summed E-state index contributed by atoms with van der Waals surface area (Å²) < 4.78 is 18.0. The zero-order valence-corrected chi connectivity index (χ0v) is 12.2. The second-order valence-electron chi connectivity index (χ2n) is 4.25. The normalized spacial score (nSPS) is 10.2. The van der Waals surface area contributed by atoms with Crippen molar-refractivity contribution in [2.45, 2.75) is 6.42 Å². The van der Waals surface area contributed by atoms with Crippen molar-refractivity contribution < 1.29 is 18.7 Å². The fraction of sp³-hybridized carbons (Fsp3) is 0.200. The lowest BCUT2D eigenvalue weighted by molar-refractivity contribution is 0.0606. The van der Waals surface area contributed by atoms with Crippen LogP contribution < -0.4 is 5.32 Å². The number of halogens is 1. The number of amides is 1. The Kier molecular flexibility index (Phi) is 5.05. The highest BCUT2D eigenvalue weighted by molar-refractivity contribution is 7.15. The van der Waals surface area contributed by atoms with Gasteiger partial charge in [-0.1, -0.05) is 18.2 Å². The second kappa shape index (κ2) is 6.99. The Bertz CT molecular complexity index is 654. The van der Waals surface area contributed by atoms with E-state index in [1.807, 2.05) is 0 Å². The zero-order valence-electron chi connectivity index (χ0n) is 11.4. The van der Waals surface area contributed by atoms with Crippen LogP contribution in [0.15, 0.2) is 36.4 Å². The number of nitrogens with one attached hydrogen (secondary N) is 1. The van der Waals surface area contributed by atoms with Gasteiger partial charge in [0.2, 0.25) is 0 Å². The molecule has 0 spiro atoms. The van der Waals surface area contributed by atoms with Gasteiger partial charge in [0.05, 0.1) is 12.0 Å². The standard InChI is InChI=1S/C15H14FNO3S/c1-20-15(19)13-7-6-12(21-13)14(18)17-9-8-10-4-2-3-5-11(10)16/h2-7H,8-9H2,1H3,(H,17,18). The highest BCUT2D eigenvalue weighted by Crippen LogP contribution is 2.17. The van der Waals surface area contributed by atoms with Crippen molar-refractivity contribution in [1.82, 2.24) is 5.32 Å². The number of rotatable bonds is 5. The third-order valence-corrected chi connectivity index (χ3v) is 3.92. The van der Waals surface area contributed by atoms with Crippen molar-refractivity contribution >= 4 is 23.2 Å². The van der Waals surface area contributed by atoms with Gasteiger partial charge in [0, 0.05) is 6.54 Å². The molecule has 0 atom stereocenters. The predicted molar refractivity (Wildman–Crippen MR) is 78.1 cm³/mol. The lowest BCUT2D eigenvalue weighted by Gasteiger charge is -2.04. The average Bonchev–Trinajstić information content (AvgIpc) is 2.98. The quantitative estimate of drug-likeness (QED) is 0.864. The van der Waals surface area contributed by atoms with Crippen molar-refractivity contribution in [3.8, 4) is 0 Å². The molecule has 0 saturated carbocycles. The molecule has 2 rings (SSSR count). The van der Waals surface area contributed by atoms with Gasteiger partial charge >= 0.3 is 5.97 Å². The molecule has 0 radical (unpaired) electrons. The van der Waals surface area contributed by atoms with E-state index in [-0.39, 0.29) is 11.7 Å². The van der Waals surface area contributed by atoms with Gasteiger partial charge in [-0.05, 0) is 30.2 Å². The molecule has 2 aromatic rings. The van der Waals surface area contributed by atoms with Crippen molar-refractivity contribution in [2.24, 2.45) is 0 Å². The van der Waals surface area contributed by atoms with Crippen LogP contribution >= 0.6 is 11.3 Å². The van der Waals surface area contributed by atoms with E-state index in [0.717, 1.165) is 11.3 Å². The number of carbonyl (C=O) groups is 2. The van der Waals surface area contributed by atoms with Crippen molar-refractivity contribution in [1.29, 1.82) is 0 Å². The first-order valence-corrected chi connectivity index (χ1v) is 7.13. The number of thiophene rings is 1. The summed E-state index contributed by atoms with van der Waals surface area (Å²) >= 11 is 1.06. The number of hydrogen-bond donors (Lipinski definition) is 1. The van der Waals surface area contributed by atoms with E-state index < -0.39 is 5.97 Å². The van der Waals surface area contributed by atoms with Crippen LogP contribution in [0.1, 0.15) is 24.9 Å². The number of benzene rings is 1. The maximum atomic E-state index is 13.4. The summed E-state index contributed by atoms with van der Waals surface area (Å²) in [4.78, 5) is 24.0. The molecule has 0 bridgehead atoms. The SMILES string of the molecule is COC(=O)c1ccc(C(=O)NCCc2ccccc2F)s1. The van der Waals surface area contributed by atoms with E-state index in [4.69, 9.17) is 0 Å². The number of ether oxygens (including phenoxy) is 1. The molecule has 1 N–H and O–H groups in total. The summed E-state index contributed by atoms with van der Waals surface area (Å²) in [5.74, 6) is -1.03. The van der Waals surface area contributed by atoms with E-state index in [2.05, 4.69) is 10.1 Å². The van der Waals surface area contributed by atoms with Gasteiger partial charge in [0.25, 0.3) is 5.91 Å². The first-order chi connectivity index (χ1) is 10.1. The predicted octanol–water partition coefficient (Wildman–Crippen LogP) is 2.65. The van der Waals surface area contributed by atoms with Gasteiger partial charge in [-0.3, -0.25) is 4.79 Å². The molecule has 1 aromatic carbocycles. The van der Waals surface area contributed by atoms with Crippen LogP contribution in [-0.4, -0.2) is 25.5 Å². The molecule has 1 heterocycles. The molecule has 0 fully saturated rings. The minimum absolute atomic E-state index is 0.282. The first kappa shape index (κ1) is 15.2. The smallest absolute Gasteiger partial charge is 0.348 e. The summed E-state index contributed by atoms with van der Waals surface area (Å²) in [5.41, 5.74) is 0.555. The molecule has 0 aliphatic rings. The van der Waals surface area contributed by atoms with E-state index in [1.165, 1.54) is 13.2 Å². The Labute approximate surface area is 125 Å². The van der Waals surface area contributed by atoms with Crippen LogP contribution in [0, 0.1) is 5.82 Å². The highest BCUT2D eigenvalue weighted by Gasteiger charge is 2.13. The van der Waals surface area contributed by atoms with E-state index in [0.29, 0.717) is 28.3 Å². The van der Waals surface area contributed by atoms with Crippen LogP contribution in [0.3, 0.4) is 0 Å². The second-order valence-corrected chi connectivity index (χ2v) is 5.34. The van der Waals surface area contributed by atoms with Gasteiger partial charge in [0.1, 0.15) is 10.7 Å². The monoisotopic (exact) mass is 307 g/mol. The molecule has 0 saturated heterocycles. The van der Waals surface area contributed by atoms with Crippen molar-refractivity contribution in [3.63, 3.8) is 0 Å². The summed E-state index contributed by atoms with van der Waals surface area (Å²) in [6, 6.07) is 9.55. The van der Waals surface area contributed by atoms with Gasteiger partial charge in [-0.25, -0.2) is 9.18 Å². The van der Waals surface area contributed by atoms with E-state index in [1.54, 1.807) is 30.3 Å². The summed E-state index contributed by atoms with van der Waals surface area (Å²) in [5, 5.41) is 2.70. The lowest BCUT2D eigenvalue weighted by atomic mass is 10.1. The van der Waals surface area contributed by atoms with Gasteiger partial charge in [-0.15, -0.1) is 11.3 Å². The molecule has 6 heteroatoms. The number of methoxy groups -OCH3 is 1. The third kappa shape index (κ3) is 3.88. The fourth-order valence-electron chi connectivity index (χ4n) is 1.77. The van der Waals surface area contributed by atoms with Crippen molar-refractivity contribution in [3.05, 3.63) is 57.5 Å². The Balaban J connectivity index is 1.89. The Morgan fingerprint density at radius 1 is 1.19 bits per heavy atom. The molecule has 1 amide bonds. The molecule has 110 valence electrons. The number of hydrogen-bond acceptors (Lipinski definition) is 4. The summed E-state index contributed by atoms with van der Waals surface area (Å²) in [7, 11) is 1.29. The van der Waals surface area contributed by atoms with Crippen LogP contribution in [0.25, 0.3) is 0 Å². The summed E-state index contributed by atoms with van der Waals surface area (Å²) in [6.45, 7) is 0.325. The minimum atomic E-state index is -0.467. The average molecular weight is 307 g/mol. The van der Waals surface area contributed by atoms with Gasteiger partial charge in [0.15, 0.2) is 0 Å². The summed E-state index contributed by atoms with van der Waals surface area (Å²) in [6.07, 6.45) is 0.410. The maximum Gasteiger partial charge on any atom is 0.348 e. The molecule has 0 aliphatic carbocycles. The number of carbonyl (C=O) groups excluding carboxylic acids is 2. The van der Waals surface area contributed by atoms with Crippen LogP contribution in [0.4, 0.5) is 4.39 Å². The maximum absolute atomic E-state index is 13.4. The van der Waals surface area contributed by atoms with Crippen LogP contribution in [-0.2, 0) is 11.2 Å². The van der Waals surface area contributed by atoms with E-state index in [9.17, 15) is 14.0 Å². The Hall–Kier alpha value is -2.21. The zero-order chi connectivity index (χ0) is 15.2.